The molecule has 0 aliphatic rings. The Morgan fingerprint density at radius 3 is 1.59 bits per heavy atom. The molecule has 0 saturated carbocycles. The smallest absolute Gasteiger partial charge is 0.362 e. The number of likely N-dealkylation sites (N-methyl/N-ethyl adjacent to an activating group) is 1. The molecule has 0 bridgehead atoms. The Kier molecular flexibility index (Phi) is 38.0. The van der Waals surface area contributed by atoms with Gasteiger partial charge in [0.15, 0.2) is 12.1 Å². The molecule has 0 aliphatic heterocycles. The molecule has 0 amide bonds. The van der Waals surface area contributed by atoms with Crippen molar-refractivity contribution in [3.05, 3.63) is 109 Å². The summed E-state index contributed by atoms with van der Waals surface area (Å²) in [6.07, 6.45) is 55.6. The van der Waals surface area contributed by atoms with Crippen molar-refractivity contribution in [1.29, 1.82) is 0 Å². The zero-order valence-corrected chi connectivity index (χ0v) is 37.7. The van der Waals surface area contributed by atoms with Crippen molar-refractivity contribution in [3.8, 4) is 0 Å². The number of nitrogens with zero attached hydrogens (tertiary/aromatic N) is 1. The van der Waals surface area contributed by atoms with E-state index in [9.17, 15) is 19.5 Å². The van der Waals surface area contributed by atoms with Gasteiger partial charge in [-0.25, -0.2) is 4.79 Å². The summed E-state index contributed by atoms with van der Waals surface area (Å²) in [5.74, 6) is -1.59. The van der Waals surface area contributed by atoms with E-state index in [0.29, 0.717) is 12.8 Å². The number of quaternary nitrogens is 1. The maximum absolute atomic E-state index is 12.7. The summed E-state index contributed by atoms with van der Waals surface area (Å²) in [5, 5.41) is 9.62. The van der Waals surface area contributed by atoms with E-state index in [-0.39, 0.29) is 49.1 Å². The zero-order valence-electron chi connectivity index (χ0n) is 37.7. The first-order valence-corrected chi connectivity index (χ1v) is 22.5. The lowest BCUT2D eigenvalue weighted by Gasteiger charge is -2.31. The van der Waals surface area contributed by atoms with Crippen molar-refractivity contribution >= 4 is 17.9 Å². The van der Waals surface area contributed by atoms with E-state index in [2.05, 4.69) is 86.8 Å². The number of aliphatic carboxylic acids is 1. The number of hydrogen-bond acceptors (Lipinski definition) is 6. The molecule has 8 heteroatoms. The largest absolute Gasteiger partial charge is 0.477 e. The molecule has 0 aromatic heterocycles. The Morgan fingerprint density at radius 1 is 0.525 bits per heavy atom. The summed E-state index contributed by atoms with van der Waals surface area (Å²) in [6.45, 7) is 4.51. The first-order chi connectivity index (χ1) is 28.6. The molecule has 332 valence electrons. The normalized spacial score (nSPS) is 14.0. The molecular weight excluding hydrogens is 739 g/mol. The molecule has 8 nitrogen and oxygen atoms in total. The van der Waals surface area contributed by atoms with Gasteiger partial charge in [-0.2, -0.15) is 0 Å². The molecule has 0 aromatic rings. The number of hydrogen-bond donors (Lipinski definition) is 1. The van der Waals surface area contributed by atoms with Crippen LogP contribution in [0.1, 0.15) is 142 Å². The highest BCUT2D eigenvalue weighted by atomic mass is 16.6. The van der Waals surface area contributed by atoms with Gasteiger partial charge in [0.1, 0.15) is 6.61 Å². The molecule has 0 spiro atoms. The van der Waals surface area contributed by atoms with Gasteiger partial charge < -0.3 is 23.8 Å². The molecule has 0 rings (SSSR count). The van der Waals surface area contributed by atoms with E-state index < -0.39 is 18.1 Å². The fraction of sp³-hybridized carbons (Fsp3) is 0.588. The van der Waals surface area contributed by atoms with E-state index in [0.717, 1.165) is 70.6 Å². The van der Waals surface area contributed by atoms with Crippen LogP contribution in [0.15, 0.2) is 109 Å². The number of ether oxygens (including phenoxy) is 3. The zero-order chi connectivity index (χ0) is 43.5. The number of carbonyl (C=O) groups is 3. The monoisotopic (exact) mass is 821 g/mol. The summed E-state index contributed by atoms with van der Waals surface area (Å²) in [6, 6.07) is -0.635. The summed E-state index contributed by atoms with van der Waals surface area (Å²) >= 11 is 0. The van der Waals surface area contributed by atoms with Gasteiger partial charge >= 0.3 is 17.9 Å². The van der Waals surface area contributed by atoms with Gasteiger partial charge in [0, 0.05) is 19.3 Å². The minimum atomic E-state index is -0.892. The minimum Gasteiger partial charge on any atom is -0.477 e. The number of carboxylic acid groups (broad SMARTS) is 1. The molecule has 0 aromatic carbocycles. The second kappa shape index (κ2) is 40.8. The average Bonchev–Trinajstić information content (AvgIpc) is 3.19. The van der Waals surface area contributed by atoms with Crippen molar-refractivity contribution in [2.24, 2.45) is 0 Å². The van der Waals surface area contributed by atoms with Crippen LogP contribution in [0, 0.1) is 0 Å². The van der Waals surface area contributed by atoms with Gasteiger partial charge in [0.25, 0.3) is 0 Å². The van der Waals surface area contributed by atoms with Gasteiger partial charge in [0.05, 0.1) is 34.4 Å². The van der Waals surface area contributed by atoms with E-state index in [4.69, 9.17) is 14.2 Å². The Balaban J connectivity index is 4.52. The first kappa shape index (κ1) is 55.0. The fourth-order valence-electron chi connectivity index (χ4n) is 5.76. The molecule has 59 heavy (non-hydrogen) atoms. The summed E-state index contributed by atoms with van der Waals surface area (Å²) in [7, 11) is 5.49. The summed E-state index contributed by atoms with van der Waals surface area (Å²) in [5.41, 5.74) is 0. The highest BCUT2D eigenvalue weighted by Gasteiger charge is 2.31. The average molecular weight is 821 g/mol. The van der Waals surface area contributed by atoms with E-state index >= 15 is 0 Å². The van der Waals surface area contributed by atoms with E-state index in [1.54, 1.807) is 0 Å². The fourth-order valence-corrected chi connectivity index (χ4v) is 5.76. The van der Waals surface area contributed by atoms with Crippen LogP contribution in [0.2, 0.25) is 0 Å². The molecular formula is C51H82NO7+. The quantitative estimate of drug-likeness (QED) is 0.0218. The van der Waals surface area contributed by atoms with E-state index in [1.807, 2.05) is 57.6 Å². The van der Waals surface area contributed by atoms with Gasteiger partial charge in [-0.3, -0.25) is 9.59 Å². The Labute approximate surface area is 359 Å². The second-order valence-electron chi connectivity index (χ2n) is 15.7. The maximum Gasteiger partial charge on any atom is 0.362 e. The Hall–Kier alpha value is -4.01. The van der Waals surface area contributed by atoms with Crippen molar-refractivity contribution in [3.63, 3.8) is 0 Å². The molecule has 0 fully saturated rings. The van der Waals surface area contributed by atoms with Gasteiger partial charge in [-0.1, -0.05) is 162 Å². The molecule has 1 N–H and O–H groups in total. The van der Waals surface area contributed by atoms with Crippen LogP contribution in [0.5, 0.6) is 0 Å². The lowest BCUT2D eigenvalue weighted by atomic mass is 10.1. The molecule has 2 unspecified atom stereocenters. The summed E-state index contributed by atoms with van der Waals surface area (Å²) < 4.78 is 17.2. The first-order valence-electron chi connectivity index (χ1n) is 22.5. The van der Waals surface area contributed by atoms with Crippen molar-refractivity contribution in [2.75, 3.05) is 41.0 Å². The molecule has 0 radical (unpaired) electrons. The molecule has 2 atom stereocenters. The van der Waals surface area contributed by atoms with Gasteiger partial charge in [0.2, 0.25) is 0 Å². The van der Waals surface area contributed by atoms with Crippen LogP contribution in [-0.4, -0.2) is 80.6 Å². The number of carboxylic acids is 1. The lowest BCUT2D eigenvalue weighted by Crippen LogP contribution is -2.50. The van der Waals surface area contributed by atoms with E-state index in [1.165, 1.54) is 32.1 Å². The van der Waals surface area contributed by atoms with Crippen LogP contribution < -0.4 is 0 Å². The third-order valence-electron chi connectivity index (χ3n) is 9.25. The standard InChI is InChI=1S/C51H81NO7/c1-6-8-10-12-14-16-18-20-22-24-26-28-30-32-34-36-38-40-42-50(54)59-47(45-57-44-43-48(51(55)56)52(3,4)5)46-58-49(53)41-39-37-35-33-31-29-27-25-23-21-19-17-15-13-11-9-7-2/h10,12,14-18,20-24,26-29,33,35,47-48H,6-9,11,13,19,25,30-32,34,36-46H2,1-5H3/p+1/b12-10+,16-14+,17-15+,20-18+,23-21+,24-22+,28-26+,29-27+,35-33+. The predicted molar refractivity (Wildman–Crippen MR) is 247 cm³/mol. The number of esters is 2. The predicted octanol–water partition coefficient (Wildman–Crippen LogP) is 12.5. The van der Waals surface area contributed by atoms with Gasteiger partial charge in [-0.05, 0) is 70.6 Å². The van der Waals surface area contributed by atoms with Crippen molar-refractivity contribution in [2.45, 2.75) is 154 Å². The SMILES string of the molecule is CCC/C=C/C=C/C=C/C=C/C=C/CCCCCCCC(=O)OC(COCCC(C(=O)O)[N+](C)(C)C)COC(=O)CCC/C=C/C/C=C/C/C=C/C/C=C/CCCCC. The molecule has 0 aliphatic carbocycles. The maximum atomic E-state index is 12.7. The number of unbranched alkanes of at least 4 members (excludes halogenated alkanes) is 10. The number of rotatable bonds is 38. The topological polar surface area (TPSA) is 99.1 Å². The third-order valence-corrected chi connectivity index (χ3v) is 9.25. The minimum absolute atomic E-state index is 0.0253. The molecule has 0 heterocycles. The van der Waals surface area contributed by atoms with Crippen LogP contribution in [0.25, 0.3) is 0 Å². The van der Waals surface area contributed by atoms with Crippen LogP contribution in [-0.2, 0) is 28.6 Å². The highest BCUT2D eigenvalue weighted by molar-refractivity contribution is 5.72. The second-order valence-corrected chi connectivity index (χ2v) is 15.7. The van der Waals surface area contributed by atoms with Gasteiger partial charge in [-0.15, -0.1) is 0 Å². The Bertz CT molecular complexity index is 1330. The van der Waals surface area contributed by atoms with Crippen molar-refractivity contribution < 1.29 is 38.2 Å². The van der Waals surface area contributed by atoms with Crippen LogP contribution in [0.4, 0.5) is 0 Å². The van der Waals surface area contributed by atoms with Crippen LogP contribution in [0.3, 0.4) is 0 Å². The lowest BCUT2D eigenvalue weighted by molar-refractivity contribution is -0.887. The number of carbonyl (C=O) groups excluding carboxylic acids is 2. The third kappa shape index (κ3) is 39.2. The molecule has 0 saturated heterocycles. The van der Waals surface area contributed by atoms with Crippen molar-refractivity contribution in [1.82, 2.24) is 0 Å². The number of allylic oxidation sites excluding steroid dienone is 18. The van der Waals surface area contributed by atoms with Crippen LogP contribution >= 0.6 is 0 Å². The highest BCUT2D eigenvalue weighted by Crippen LogP contribution is 2.12. The summed E-state index contributed by atoms with van der Waals surface area (Å²) in [4.78, 5) is 37.0. The Morgan fingerprint density at radius 2 is 1.02 bits per heavy atom.